The Morgan fingerprint density at radius 1 is 0.909 bits per heavy atom. The summed E-state index contributed by atoms with van der Waals surface area (Å²) >= 11 is 0. The van der Waals surface area contributed by atoms with Gasteiger partial charge in [0.15, 0.2) is 0 Å². The van der Waals surface area contributed by atoms with Crippen molar-refractivity contribution in [2.24, 2.45) is 16.7 Å². The molecule has 0 heterocycles. The van der Waals surface area contributed by atoms with Crippen molar-refractivity contribution in [1.82, 2.24) is 0 Å². The van der Waals surface area contributed by atoms with Gasteiger partial charge in [0, 0.05) is 0 Å². The van der Waals surface area contributed by atoms with E-state index >= 15 is 0 Å². The molecule has 0 radical (unpaired) electrons. The van der Waals surface area contributed by atoms with Crippen LogP contribution in [-0.4, -0.2) is 0 Å². The van der Waals surface area contributed by atoms with E-state index < -0.39 is 0 Å². The Morgan fingerprint density at radius 3 is 1.36 bits per heavy atom. The number of rotatable bonds is 1. The van der Waals surface area contributed by atoms with Crippen LogP contribution in [0.15, 0.2) is 0 Å². The van der Waals surface area contributed by atoms with E-state index in [2.05, 4.69) is 48.5 Å². The summed E-state index contributed by atoms with van der Waals surface area (Å²) in [6.45, 7) is 16.3. The third-order valence-electron chi connectivity index (χ3n) is 2.40. The van der Waals surface area contributed by atoms with Gasteiger partial charge in [0.25, 0.3) is 0 Å². The average molecular weight is 156 g/mol. The average Bonchev–Trinajstić information content (AvgIpc) is 1.56. The summed E-state index contributed by atoms with van der Waals surface area (Å²) in [5, 5.41) is 0. The maximum Gasteiger partial charge on any atom is -0.0357 e. The molecule has 11 heavy (non-hydrogen) atoms. The Balaban J connectivity index is 3.99. The molecule has 0 amide bonds. The Kier molecular flexibility index (Phi) is 3.16. The van der Waals surface area contributed by atoms with Crippen molar-refractivity contribution >= 4 is 0 Å². The van der Waals surface area contributed by atoms with Crippen molar-refractivity contribution in [1.29, 1.82) is 0 Å². The standard InChI is InChI=1S/C11H24/c1-9(11(5,6)7)8-10(2,3)4/h9H,8H2,1-7H3. The van der Waals surface area contributed by atoms with E-state index in [1.54, 1.807) is 0 Å². The zero-order chi connectivity index (χ0) is 9.28. The molecule has 0 heteroatoms. The predicted octanol–water partition coefficient (Wildman–Crippen LogP) is 4.10. The zero-order valence-corrected chi connectivity index (χ0v) is 9.28. The second kappa shape index (κ2) is 3.16. The molecule has 0 aromatic carbocycles. The molecule has 0 rings (SSSR count). The van der Waals surface area contributed by atoms with E-state index in [1.165, 1.54) is 6.42 Å². The van der Waals surface area contributed by atoms with Crippen LogP contribution < -0.4 is 0 Å². The SMILES string of the molecule is CC(CC(C)(C)C)C(C)(C)C. The van der Waals surface area contributed by atoms with Crippen molar-refractivity contribution in [2.75, 3.05) is 0 Å². The maximum absolute atomic E-state index is 2.35. The molecule has 0 aliphatic carbocycles. The molecule has 0 N–H and O–H groups in total. The van der Waals surface area contributed by atoms with Gasteiger partial charge in [-0.25, -0.2) is 0 Å². The molecule has 0 saturated heterocycles. The van der Waals surface area contributed by atoms with E-state index in [4.69, 9.17) is 0 Å². The summed E-state index contributed by atoms with van der Waals surface area (Å²) in [4.78, 5) is 0. The highest BCUT2D eigenvalue weighted by molar-refractivity contribution is 4.75. The minimum Gasteiger partial charge on any atom is -0.0620 e. The van der Waals surface area contributed by atoms with Crippen LogP contribution in [0.1, 0.15) is 54.9 Å². The van der Waals surface area contributed by atoms with Gasteiger partial charge in [0.05, 0.1) is 0 Å². The first-order valence-electron chi connectivity index (χ1n) is 4.63. The summed E-state index contributed by atoms with van der Waals surface area (Å²) in [5.41, 5.74) is 0.944. The lowest BCUT2D eigenvalue weighted by Gasteiger charge is -2.32. The summed E-state index contributed by atoms with van der Waals surface area (Å²) in [7, 11) is 0. The molecule has 0 aliphatic rings. The normalized spacial score (nSPS) is 16.6. The zero-order valence-electron chi connectivity index (χ0n) is 9.28. The van der Waals surface area contributed by atoms with E-state index in [0.29, 0.717) is 10.8 Å². The molecule has 0 bridgehead atoms. The van der Waals surface area contributed by atoms with Crippen LogP contribution in [0.5, 0.6) is 0 Å². The Bertz CT molecular complexity index is 109. The topological polar surface area (TPSA) is 0 Å². The quantitative estimate of drug-likeness (QED) is 0.536. The van der Waals surface area contributed by atoms with E-state index in [-0.39, 0.29) is 0 Å². The minimum absolute atomic E-state index is 0.466. The molecular formula is C11H24. The van der Waals surface area contributed by atoms with Crippen molar-refractivity contribution in [3.63, 3.8) is 0 Å². The fourth-order valence-corrected chi connectivity index (χ4v) is 1.22. The van der Waals surface area contributed by atoms with Crippen molar-refractivity contribution < 1.29 is 0 Å². The molecule has 1 atom stereocenters. The maximum atomic E-state index is 2.35. The first kappa shape index (κ1) is 11.0. The van der Waals surface area contributed by atoms with Gasteiger partial charge in [0.2, 0.25) is 0 Å². The molecule has 0 aliphatic heterocycles. The second-order valence-corrected chi connectivity index (χ2v) is 6.03. The van der Waals surface area contributed by atoms with Crippen LogP contribution in [0.2, 0.25) is 0 Å². The van der Waals surface area contributed by atoms with Gasteiger partial charge >= 0.3 is 0 Å². The van der Waals surface area contributed by atoms with Crippen molar-refractivity contribution in [3.8, 4) is 0 Å². The number of hydrogen-bond acceptors (Lipinski definition) is 0. The highest BCUT2D eigenvalue weighted by atomic mass is 14.3. The van der Waals surface area contributed by atoms with Gasteiger partial charge in [-0.2, -0.15) is 0 Å². The number of hydrogen-bond donors (Lipinski definition) is 0. The lowest BCUT2D eigenvalue weighted by molar-refractivity contribution is 0.182. The lowest BCUT2D eigenvalue weighted by atomic mass is 9.73. The Labute approximate surface area is 72.4 Å². The van der Waals surface area contributed by atoms with E-state index in [1.807, 2.05) is 0 Å². The Hall–Kier alpha value is 0. The molecule has 68 valence electrons. The van der Waals surface area contributed by atoms with Gasteiger partial charge in [0.1, 0.15) is 0 Å². The summed E-state index contributed by atoms with van der Waals surface area (Å²) < 4.78 is 0. The van der Waals surface area contributed by atoms with Crippen molar-refractivity contribution in [2.45, 2.75) is 54.9 Å². The highest BCUT2D eigenvalue weighted by Gasteiger charge is 2.24. The van der Waals surface area contributed by atoms with Gasteiger partial charge in [-0.3, -0.25) is 0 Å². The van der Waals surface area contributed by atoms with Crippen LogP contribution >= 0.6 is 0 Å². The van der Waals surface area contributed by atoms with Crippen LogP contribution in [0.25, 0.3) is 0 Å². The van der Waals surface area contributed by atoms with Gasteiger partial charge in [-0.1, -0.05) is 48.5 Å². The van der Waals surface area contributed by atoms with Crippen LogP contribution in [0.4, 0.5) is 0 Å². The first-order valence-corrected chi connectivity index (χ1v) is 4.63. The summed E-state index contributed by atoms with van der Waals surface area (Å²) in [6.07, 6.45) is 1.32. The van der Waals surface area contributed by atoms with Crippen LogP contribution in [-0.2, 0) is 0 Å². The van der Waals surface area contributed by atoms with Crippen molar-refractivity contribution in [3.05, 3.63) is 0 Å². The predicted molar refractivity (Wildman–Crippen MR) is 52.7 cm³/mol. The molecule has 1 unspecified atom stereocenters. The fraction of sp³-hybridized carbons (Fsp3) is 1.00. The largest absolute Gasteiger partial charge is 0.0620 e. The van der Waals surface area contributed by atoms with Crippen LogP contribution in [0.3, 0.4) is 0 Å². The third-order valence-corrected chi connectivity index (χ3v) is 2.40. The summed E-state index contributed by atoms with van der Waals surface area (Å²) in [5.74, 6) is 0.808. The second-order valence-electron chi connectivity index (χ2n) is 6.03. The molecular weight excluding hydrogens is 132 g/mol. The fourth-order valence-electron chi connectivity index (χ4n) is 1.22. The first-order chi connectivity index (χ1) is 4.63. The third kappa shape index (κ3) is 5.29. The Morgan fingerprint density at radius 2 is 1.27 bits per heavy atom. The molecule has 0 spiro atoms. The monoisotopic (exact) mass is 156 g/mol. The van der Waals surface area contributed by atoms with E-state index in [0.717, 1.165) is 5.92 Å². The van der Waals surface area contributed by atoms with Gasteiger partial charge < -0.3 is 0 Å². The molecule has 0 nitrogen and oxygen atoms in total. The molecule has 0 aromatic rings. The molecule has 0 fully saturated rings. The highest BCUT2D eigenvalue weighted by Crippen LogP contribution is 2.35. The molecule has 0 saturated carbocycles. The molecule has 0 aromatic heterocycles. The van der Waals surface area contributed by atoms with Gasteiger partial charge in [-0.05, 0) is 23.2 Å². The van der Waals surface area contributed by atoms with Crippen LogP contribution in [0, 0.1) is 16.7 Å². The van der Waals surface area contributed by atoms with E-state index in [9.17, 15) is 0 Å². The summed E-state index contributed by atoms with van der Waals surface area (Å²) in [6, 6.07) is 0. The van der Waals surface area contributed by atoms with Gasteiger partial charge in [-0.15, -0.1) is 0 Å². The minimum atomic E-state index is 0.466. The smallest absolute Gasteiger partial charge is 0.0357 e. The lowest BCUT2D eigenvalue weighted by Crippen LogP contribution is -2.22.